The van der Waals surface area contributed by atoms with E-state index >= 15 is 0 Å². The molecule has 0 spiro atoms. The van der Waals surface area contributed by atoms with Gasteiger partial charge in [-0.05, 0) is 86.6 Å². The lowest BCUT2D eigenvalue weighted by Gasteiger charge is -3.09. The van der Waals surface area contributed by atoms with Crippen molar-refractivity contribution < 1.29 is 33.4 Å². The molecule has 1 N–H and O–H groups in total. The number of likely N-dealkylation sites (N-methyl/N-ethyl adjacent to an activating group) is 1. The Kier molecular flexibility index (Phi) is 7.46. The number of hydrogen-bond donors (Lipinski definition) is 1. The van der Waals surface area contributed by atoms with Crippen molar-refractivity contribution in [3.05, 3.63) is 16.1 Å². The number of rotatable bonds is 14. The van der Waals surface area contributed by atoms with Crippen molar-refractivity contribution in [2.24, 2.45) is 58.7 Å². The minimum atomic E-state index is -0.725. The van der Waals surface area contributed by atoms with Crippen molar-refractivity contribution in [1.29, 1.82) is 0 Å². The fraction of sp³-hybridized carbons (Fsp3) is 0.778. The number of methoxy groups -OCH3 is 1. The molecule has 2 heterocycles. The summed E-state index contributed by atoms with van der Waals surface area (Å²) in [5.74, 6) is 1.47. The van der Waals surface area contributed by atoms with Crippen molar-refractivity contribution in [3.63, 3.8) is 0 Å². The molecule has 8 fully saturated rings. The summed E-state index contributed by atoms with van der Waals surface area (Å²) >= 11 is 1.29. The number of likely N-dealkylation sites (tertiary alicyclic amines) is 1. The highest BCUT2D eigenvalue weighted by molar-refractivity contribution is 7.09. The fourth-order valence-electron chi connectivity index (χ4n) is 11.9. The van der Waals surface area contributed by atoms with Gasteiger partial charge in [-0.15, -0.1) is 11.3 Å². The first kappa shape index (κ1) is 32.4. The van der Waals surface area contributed by atoms with Crippen LogP contribution < -0.4 is 5.32 Å². The third-order valence-corrected chi connectivity index (χ3v) is 14.9. The van der Waals surface area contributed by atoms with E-state index in [9.17, 15) is 24.0 Å². The molecule has 0 unspecified atom stereocenters. The van der Waals surface area contributed by atoms with Gasteiger partial charge in [0.1, 0.15) is 10.7 Å². The van der Waals surface area contributed by atoms with E-state index in [1.165, 1.54) is 25.4 Å². The number of carbonyl (C=O) groups excluding carboxylic acids is 5. The van der Waals surface area contributed by atoms with Crippen LogP contribution in [0, 0.1) is 58.7 Å². The van der Waals surface area contributed by atoms with Crippen molar-refractivity contribution in [1.82, 2.24) is 20.1 Å². The Bertz CT molecular complexity index is 1510. The first-order chi connectivity index (χ1) is 22.9. The van der Waals surface area contributed by atoms with E-state index in [0.29, 0.717) is 52.6 Å². The molecule has 0 radical (unpaired) electrons. The minimum Gasteiger partial charge on any atom is -0.469 e. The summed E-state index contributed by atoms with van der Waals surface area (Å²) in [6, 6.07) is -0.387. The Morgan fingerprint density at radius 1 is 1.06 bits per heavy atom. The van der Waals surface area contributed by atoms with E-state index in [-0.39, 0.29) is 70.8 Å². The summed E-state index contributed by atoms with van der Waals surface area (Å²) in [6.45, 7) is 6.36. The zero-order valence-electron chi connectivity index (χ0n) is 28.8. The third kappa shape index (κ3) is 4.07. The largest absolute Gasteiger partial charge is 0.469 e. The summed E-state index contributed by atoms with van der Waals surface area (Å²) in [7, 11) is 5.28. The standard InChI is InChI=1S/C36H48N4O7S/c1-16(2)22(40(5)33(44)19(18-10-11-18)13-23(42)21-9-7-8-12-39(21)4)14-24(47-17(3)41)32-37-20(15-48-32)31(43)38-36-28-25-29(36)27-30(36)26(28)35(25,27)34(45)46-6/h15-16,18-19,21-22,24-30H,7-14H2,1-6H3,(H,38,43)/t19-,21+,22+,24+,25?,26?,27?,28?,29?,30?,35?,36?/m0/s1. The van der Waals surface area contributed by atoms with Crippen LogP contribution in [0.2, 0.25) is 0 Å². The second-order valence-electron chi connectivity index (χ2n) is 16.2. The Morgan fingerprint density at radius 3 is 2.29 bits per heavy atom. The minimum absolute atomic E-state index is 0.0221. The predicted octanol–water partition coefficient (Wildman–Crippen LogP) is 3.48. The fourth-order valence-corrected chi connectivity index (χ4v) is 12.7. The second-order valence-corrected chi connectivity index (χ2v) is 17.1. The van der Waals surface area contributed by atoms with Crippen LogP contribution in [0.25, 0.3) is 0 Å². The van der Waals surface area contributed by atoms with E-state index < -0.39 is 12.1 Å². The number of thiazole rings is 1. The summed E-state index contributed by atoms with van der Waals surface area (Å²) in [5, 5.41) is 5.56. The molecule has 12 heteroatoms. The maximum Gasteiger partial charge on any atom is 0.312 e. The SMILES string of the molecule is COC(=O)C12C3C4C1C1C2C3C41NC(=O)c1csc([C@@H](C[C@H](C(C)C)N(C)C(=O)[C@@H](CC(=O)[C@H]2CCCCN2C)C2CC2)OC(C)=O)n1. The molecule has 48 heavy (non-hydrogen) atoms. The van der Waals surface area contributed by atoms with Crippen LogP contribution in [0.3, 0.4) is 0 Å². The highest BCUT2D eigenvalue weighted by atomic mass is 32.1. The molecule has 11 nitrogen and oxygen atoms in total. The Balaban J connectivity index is 0.935. The molecule has 1 aliphatic heterocycles. The van der Waals surface area contributed by atoms with E-state index in [4.69, 9.17) is 9.47 Å². The van der Waals surface area contributed by atoms with Crippen molar-refractivity contribution >= 4 is 40.9 Å². The molecule has 1 saturated heterocycles. The Morgan fingerprint density at radius 2 is 1.73 bits per heavy atom. The normalized spacial score (nSPS) is 38.0. The van der Waals surface area contributed by atoms with Gasteiger partial charge in [-0.25, -0.2) is 4.98 Å². The average Bonchev–Trinajstić information content (AvgIpc) is 3.79. The summed E-state index contributed by atoms with van der Waals surface area (Å²) < 4.78 is 10.9. The number of ketones is 1. The van der Waals surface area contributed by atoms with E-state index in [1.807, 2.05) is 20.9 Å². The van der Waals surface area contributed by atoms with Gasteiger partial charge in [0.2, 0.25) is 5.91 Å². The number of ether oxygens (including phenoxy) is 2. The van der Waals surface area contributed by atoms with Gasteiger partial charge in [-0.2, -0.15) is 0 Å². The van der Waals surface area contributed by atoms with Gasteiger partial charge in [-0.1, -0.05) is 20.3 Å². The average molecular weight is 681 g/mol. The van der Waals surface area contributed by atoms with Crippen LogP contribution in [-0.4, -0.2) is 89.7 Å². The van der Waals surface area contributed by atoms with Gasteiger partial charge in [0, 0.05) is 44.2 Å². The summed E-state index contributed by atoms with van der Waals surface area (Å²) in [6.07, 6.45) is 4.78. The molecule has 1 aromatic rings. The number of esters is 2. The molecular formula is C36H48N4O7S. The Labute approximate surface area is 285 Å². The van der Waals surface area contributed by atoms with Gasteiger partial charge < -0.3 is 19.7 Å². The number of Topliss-reactive ketones (excluding diaryl/α,β-unsaturated/α-hetero) is 1. The van der Waals surface area contributed by atoms with E-state index in [1.54, 1.807) is 17.3 Å². The predicted molar refractivity (Wildman–Crippen MR) is 174 cm³/mol. The number of nitrogens with zero attached hydrogens (tertiary/aromatic N) is 3. The number of aromatic nitrogens is 1. The lowest BCUT2D eigenvalue weighted by Crippen LogP contribution is -3.16. The van der Waals surface area contributed by atoms with E-state index in [0.717, 1.165) is 38.6 Å². The molecule has 260 valence electrons. The zero-order chi connectivity index (χ0) is 34.0. The number of nitrogens with one attached hydrogen (secondary N) is 1. The van der Waals surface area contributed by atoms with Crippen LogP contribution in [0.15, 0.2) is 5.38 Å². The zero-order valence-corrected chi connectivity index (χ0v) is 29.6. The van der Waals surface area contributed by atoms with Crippen molar-refractivity contribution in [2.75, 3.05) is 27.7 Å². The van der Waals surface area contributed by atoms with Gasteiger partial charge in [-0.3, -0.25) is 28.9 Å². The van der Waals surface area contributed by atoms with Crippen LogP contribution in [-0.2, 0) is 28.7 Å². The number of piperidine rings is 1. The first-order valence-electron chi connectivity index (χ1n) is 17.9. The molecule has 1 aromatic heterocycles. The van der Waals surface area contributed by atoms with E-state index in [2.05, 4.69) is 15.2 Å². The molecule has 8 aliphatic rings. The van der Waals surface area contributed by atoms with Crippen molar-refractivity contribution in [3.8, 4) is 0 Å². The molecule has 4 atom stereocenters. The van der Waals surface area contributed by atoms with Crippen LogP contribution in [0.4, 0.5) is 0 Å². The number of hydrogen-bond acceptors (Lipinski definition) is 10. The molecule has 7 saturated carbocycles. The molecular weight excluding hydrogens is 632 g/mol. The highest BCUT2D eigenvalue weighted by Gasteiger charge is 3.12. The first-order valence-corrected chi connectivity index (χ1v) is 18.8. The third-order valence-electron chi connectivity index (χ3n) is 14.0. The maximum absolute atomic E-state index is 14.1. The van der Waals surface area contributed by atoms with Gasteiger partial charge in [0.05, 0.1) is 24.1 Å². The highest BCUT2D eigenvalue weighted by Crippen LogP contribution is 3.07. The molecule has 9 rings (SSSR count). The number of amides is 2. The number of carbonyl (C=O) groups is 5. The molecule has 7 aliphatic carbocycles. The molecule has 0 aromatic carbocycles. The monoisotopic (exact) mass is 680 g/mol. The molecule has 0 bridgehead atoms. The topological polar surface area (TPSA) is 135 Å². The molecule has 2 amide bonds. The summed E-state index contributed by atoms with van der Waals surface area (Å²) in [5.41, 5.74) is -0.147. The maximum atomic E-state index is 14.1. The van der Waals surface area contributed by atoms with Crippen molar-refractivity contribution in [2.45, 2.75) is 89.4 Å². The van der Waals surface area contributed by atoms with Crippen LogP contribution in [0.1, 0.15) is 87.3 Å². The quantitative estimate of drug-likeness (QED) is 0.293. The lowest BCUT2D eigenvalue weighted by molar-refractivity contribution is -0.609. The van der Waals surface area contributed by atoms with Crippen LogP contribution >= 0.6 is 11.3 Å². The van der Waals surface area contributed by atoms with Gasteiger partial charge >= 0.3 is 11.9 Å². The Hall–Kier alpha value is -2.86. The van der Waals surface area contributed by atoms with Gasteiger partial charge in [0.25, 0.3) is 5.91 Å². The lowest BCUT2D eigenvalue weighted by atomic mass is 8.94. The smallest absolute Gasteiger partial charge is 0.312 e. The van der Waals surface area contributed by atoms with Gasteiger partial charge in [0.15, 0.2) is 11.9 Å². The second kappa shape index (κ2) is 11.1. The summed E-state index contributed by atoms with van der Waals surface area (Å²) in [4.78, 5) is 74.4. The van der Waals surface area contributed by atoms with Crippen LogP contribution in [0.5, 0.6) is 0 Å².